The number of nitrogens with zero attached hydrogens (tertiary/aromatic N) is 2. The van der Waals surface area contributed by atoms with Crippen LogP contribution in [0.25, 0.3) is 32.0 Å². The lowest BCUT2D eigenvalue weighted by molar-refractivity contribution is -0.254. The number of alkyl halides is 6. The first-order valence-electron chi connectivity index (χ1n) is 22.7. The van der Waals surface area contributed by atoms with Crippen LogP contribution in [0.4, 0.5) is 26.3 Å². The highest BCUT2D eigenvalue weighted by atomic mass is 32.1. The molecular weight excluding hydrogens is 923 g/mol. The number of thiophene rings is 2. The van der Waals surface area contributed by atoms with Gasteiger partial charge in [-0.1, -0.05) is 48.5 Å². The van der Waals surface area contributed by atoms with Gasteiger partial charge in [0.05, 0.1) is 106 Å². The van der Waals surface area contributed by atoms with E-state index in [2.05, 4.69) is 9.80 Å². The summed E-state index contributed by atoms with van der Waals surface area (Å²) >= 11 is 2.19. The van der Waals surface area contributed by atoms with Gasteiger partial charge in [0.15, 0.2) is 0 Å². The number of benzene rings is 2. The Kier molecular flexibility index (Phi) is 18.9. The van der Waals surface area contributed by atoms with Gasteiger partial charge in [-0.05, 0) is 59.4 Å². The van der Waals surface area contributed by atoms with Gasteiger partial charge in [-0.2, -0.15) is 26.3 Å². The van der Waals surface area contributed by atoms with Gasteiger partial charge in [-0.25, -0.2) is 0 Å². The van der Waals surface area contributed by atoms with Gasteiger partial charge in [0.1, 0.15) is 0 Å². The van der Waals surface area contributed by atoms with Gasteiger partial charge in [0, 0.05) is 69.9 Å². The molecule has 368 valence electrons. The quantitative estimate of drug-likeness (QED) is 0.160. The van der Waals surface area contributed by atoms with E-state index in [4.69, 9.17) is 37.9 Å². The van der Waals surface area contributed by atoms with Crippen molar-refractivity contribution >= 4 is 33.8 Å². The highest BCUT2D eigenvalue weighted by molar-refractivity contribution is 7.16. The number of ether oxygens (including phenoxy) is 8. The van der Waals surface area contributed by atoms with Gasteiger partial charge >= 0.3 is 17.8 Å². The standard InChI is InChI=1S/C49H60F6N2O8S2/c1-35-41(31-43(66-35)39-7-3-37(4-8-39)33-56-11-15-58-19-23-62-27-28-63-24-20-59-16-12-56)45-46(48(52,53)49(54,55)47(45,50)51)42-32-44(67-36(42)2)40-9-5-38(6-10-40)34-57-13-17-60-21-25-64-29-30-65-26-22-61-18-14-57/h3-10,31-32H,11-30,33-34H2,1-2H3. The summed E-state index contributed by atoms with van der Waals surface area (Å²) in [5, 5.41) is 0. The van der Waals surface area contributed by atoms with E-state index in [9.17, 15) is 0 Å². The molecular formula is C49H60F6N2O8S2. The number of rotatable bonds is 8. The normalized spacial score (nSPS) is 21.9. The lowest BCUT2D eigenvalue weighted by atomic mass is 9.94. The molecule has 2 aromatic heterocycles. The largest absolute Gasteiger partial charge is 0.380 e. The molecule has 2 aliphatic heterocycles. The highest BCUT2D eigenvalue weighted by Crippen LogP contribution is 2.66. The zero-order valence-corrected chi connectivity index (χ0v) is 39.7. The molecule has 0 N–H and O–H groups in total. The van der Waals surface area contributed by atoms with E-state index < -0.39 is 28.9 Å². The molecule has 0 saturated carbocycles. The molecule has 0 amide bonds. The van der Waals surface area contributed by atoms with E-state index in [0.717, 1.165) is 33.8 Å². The second-order valence-electron chi connectivity index (χ2n) is 16.5. The Morgan fingerprint density at radius 1 is 0.418 bits per heavy atom. The van der Waals surface area contributed by atoms with Crippen molar-refractivity contribution in [1.82, 2.24) is 9.80 Å². The monoisotopic (exact) mass is 982 g/mol. The van der Waals surface area contributed by atoms with E-state index in [1.807, 2.05) is 48.5 Å². The van der Waals surface area contributed by atoms with Crippen LogP contribution in [0.3, 0.4) is 0 Å². The fourth-order valence-corrected chi connectivity index (χ4v) is 10.1. The van der Waals surface area contributed by atoms with Crippen molar-refractivity contribution in [3.63, 3.8) is 0 Å². The van der Waals surface area contributed by atoms with Gasteiger partial charge in [-0.15, -0.1) is 22.7 Å². The van der Waals surface area contributed by atoms with Crippen molar-refractivity contribution in [3.8, 4) is 20.9 Å². The Bertz CT molecular complexity index is 2000. The molecule has 4 heterocycles. The maximum Gasteiger partial charge on any atom is 0.380 e. The van der Waals surface area contributed by atoms with Crippen LogP contribution in [0, 0.1) is 13.8 Å². The minimum Gasteiger partial charge on any atom is -0.378 e. The molecule has 67 heavy (non-hydrogen) atoms. The molecule has 4 aromatic rings. The molecule has 0 unspecified atom stereocenters. The van der Waals surface area contributed by atoms with Gasteiger partial charge in [-0.3, -0.25) is 9.80 Å². The lowest BCUT2D eigenvalue weighted by Crippen LogP contribution is -2.48. The van der Waals surface area contributed by atoms with Crippen molar-refractivity contribution in [2.75, 3.05) is 132 Å². The van der Waals surface area contributed by atoms with Crippen LogP contribution in [0.15, 0.2) is 60.7 Å². The first-order valence-corrected chi connectivity index (χ1v) is 24.4. The zero-order valence-electron chi connectivity index (χ0n) is 38.1. The van der Waals surface area contributed by atoms with Crippen molar-refractivity contribution in [2.45, 2.75) is 44.7 Å². The van der Waals surface area contributed by atoms with Crippen molar-refractivity contribution in [1.29, 1.82) is 0 Å². The van der Waals surface area contributed by atoms with E-state index in [-0.39, 0.29) is 20.9 Å². The van der Waals surface area contributed by atoms with Crippen LogP contribution in [-0.2, 0) is 51.0 Å². The van der Waals surface area contributed by atoms with Crippen molar-refractivity contribution in [2.24, 2.45) is 0 Å². The predicted octanol–water partition coefficient (Wildman–Crippen LogP) is 9.35. The second kappa shape index (κ2) is 24.5. The van der Waals surface area contributed by atoms with Gasteiger partial charge in [0.2, 0.25) is 0 Å². The third-order valence-electron chi connectivity index (χ3n) is 11.8. The summed E-state index contributed by atoms with van der Waals surface area (Å²) in [5.41, 5.74) is -0.120. The average Bonchev–Trinajstić information content (AvgIpc) is 3.90. The van der Waals surface area contributed by atoms with Crippen LogP contribution >= 0.6 is 22.7 Å². The summed E-state index contributed by atoms with van der Waals surface area (Å²) in [6.45, 7) is 14.4. The van der Waals surface area contributed by atoms with Crippen LogP contribution < -0.4 is 0 Å². The van der Waals surface area contributed by atoms with Crippen LogP contribution in [-0.4, -0.2) is 159 Å². The van der Waals surface area contributed by atoms with Crippen LogP contribution in [0.2, 0.25) is 0 Å². The molecule has 18 heteroatoms. The van der Waals surface area contributed by atoms with Crippen LogP contribution in [0.5, 0.6) is 0 Å². The number of halogens is 6. The molecule has 2 saturated heterocycles. The maximum absolute atomic E-state index is 16.1. The molecule has 10 nitrogen and oxygen atoms in total. The summed E-state index contributed by atoms with van der Waals surface area (Å²) in [6.07, 6.45) is 0. The van der Waals surface area contributed by atoms with E-state index >= 15 is 26.3 Å². The van der Waals surface area contributed by atoms with Crippen LogP contribution in [0.1, 0.15) is 32.0 Å². The average molecular weight is 983 g/mol. The lowest BCUT2D eigenvalue weighted by Gasteiger charge is -2.25. The second-order valence-corrected chi connectivity index (χ2v) is 19.0. The molecule has 0 radical (unpaired) electrons. The molecule has 1 aliphatic carbocycles. The third kappa shape index (κ3) is 13.1. The summed E-state index contributed by atoms with van der Waals surface area (Å²) in [7, 11) is 0. The van der Waals surface area contributed by atoms with Gasteiger partial charge < -0.3 is 37.9 Å². The smallest absolute Gasteiger partial charge is 0.378 e. The summed E-state index contributed by atoms with van der Waals surface area (Å²) in [6, 6.07) is 17.6. The Morgan fingerprint density at radius 3 is 0.970 bits per heavy atom. The molecule has 0 spiro atoms. The first-order chi connectivity index (χ1) is 32.4. The molecule has 3 aliphatic rings. The first kappa shape index (κ1) is 51.6. The zero-order chi connectivity index (χ0) is 47.3. The summed E-state index contributed by atoms with van der Waals surface area (Å²) < 4.78 is 141. The summed E-state index contributed by atoms with van der Waals surface area (Å²) in [4.78, 5) is 5.80. The fourth-order valence-electron chi connectivity index (χ4n) is 8.08. The molecule has 2 fully saturated rings. The molecule has 0 bridgehead atoms. The fraction of sp³-hybridized carbons (Fsp3) is 0.551. The van der Waals surface area contributed by atoms with Gasteiger partial charge in [0.25, 0.3) is 0 Å². The number of allylic oxidation sites excluding steroid dienone is 2. The summed E-state index contributed by atoms with van der Waals surface area (Å²) in [5.74, 6) is -16.0. The highest BCUT2D eigenvalue weighted by Gasteiger charge is 2.80. The number of hydrogen-bond acceptors (Lipinski definition) is 12. The van der Waals surface area contributed by atoms with Crippen molar-refractivity contribution in [3.05, 3.63) is 92.7 Å². The molecule has 0 atom stereocenters. The topological polar surface area (TPSA) is 80.3 Å². The Balaban J connectivity index is 1.09. The third-order valence-corrected chi connectivity index (χ3v) is 14.0. The number of hydrogen-bond donors (Lipinski definition) is 0. The number of aryl methyl sites for hydroxylation is 2. The van der Waals surface area contributed by atoms with E-state index in [1.54, 1.807) is 0 Å². The van der Waals surface area contributed by atoms with Crippen molar-refractivity contribution < 1.29 is 64.2 Å². The Labute approximate surface area is 396 Å². The minimum absolute atomic E-state index is 0.223. The maximum atomic E-state index is 16.1. The SMILES string of the molecule is Cc1sc(-c2ccc(CN3CCOCCOCCOCCOCC3)cc2)cc1C1=C(c2cc(-c3ccc(CN4CCOCCOCCOCCOCC4)cc3)sc2C)C(F)(F)C(F)(F)C1(F)F. The predicted molar refractivity (Wildman–Crippen MR) is 248 cm³/mol. The molecule has 7 rings (SSSR count). The van der Waals surface area contributed by atoms with E-state index in [0.29, 0.717) is 166 Å². The minimum atomic E-state index is -5.67. The Hall–Kier alpha value is -3.24. The van der Waals surface area contributed by atoms with E-state index in [1.165, 1.54) is 26.0 Å². The Morgan fingerprint density at radius 2 is 0.687 bits per heavy atom. The molecule has 2 aromatic carbocycles.